The van der Waals surface area contributed by atoms with Gasteiger partial charge in [-0.15, -0.1) is 0 Å². The minimum absolute atomic E-state index is 0. The first-order valence-corrected chi connectivity index (χ1v) is 2.10. The summed E-state index contributed by atoms with van der Waals surface area (Å²) in [6.07, 6.45) is 0. The molecule has 0 unspecified atom stereocenters. The molecule has 0 rings (SSSR count). The van der Waals surface area contributed by atoms with Crippen LogP contribution in [-0.2, 0) is 10.4 Å². The van der Waals surface area contributed by atoms with Gasteiger partial charge in [0, 0.05) is 0 Å². The van der Waals surface area contributed by atoms with Crippen LogP contribution in [0.2, 0.25) is 0 Å². The first kappa shape index (κ1) is 23.0. The first-order valence-electron chi connectivity index (χ1n) is 0.698. The zero-order valence-electron chi connectivity index (χ0n) is 3.12. The molecule has 8 heavy (non-hydrogen) atoms. The van der Waals surface area contributed by atoms with Gasteiger partial charge >= 0.3 is 48.1 Å². The van der Waals surface area contributed by atoms with Crippen LogP contribution < -0.4 is 0 Å². The summed E-state index contributed by atoms with van der Waals surface area (Å²) < 4.78 is 31.6. The fourth-order valence-electron chi connectivity index (χ4n) is 0. The van der Waals surface area contributed by atoms with Crippen LogP contribution in [-0.4, -0.2) is 66.2 Å². The summed E-state index contributed by atoms with van der Waals surface area (Å²) in [5, 5.41) is 0. The average molecular weight is 176 g/mol. The van der Waals surface area contributed by atoms with Gasteiger partial charge in [-0.05, 0) is 0 Å². The van der Waals surface area contributed by atoms with Crippen LogP contribution in [0.3, 0.4) is 0 Å². The number of rotatable bonds is 0. The van der Waals surface area contributed by atoms with Crippen LogP contribution in [0.4, 0.5) is 0 Å². The topological polar surface area (TPSA) is 138 Å². The van der Waals surface area contributed by atoms with Crippen molar-refractivity contribution in [3.63, 3.8) is 0 Å². The third kappa shape index (κ3) is 234. The van der Waals surface area contributed by atoms with Gasteiger partial charge in [0.15, 0.2) is 0 Å². The van der Waals surface area contributed by atoms with Gasteiger partial charge in [-0.1, -0.05) is 0 Å². The van der Waals surface area contributed by atoms with Gasteiger partial charge in [0.1, 0.15) is 0 Å². The second kappa shape index (κ2) is 8.05. The van der Waals surface area contributed by atoms with Gasteiger partial charge < -0.3 is 11.0 Å². The molecule has 0 fully saturated rings. The first-order chi connectivity index (χ1) is 2.00. The predicted octanol–water partition coefficient (Wildman–Crippen LogP) is -3.22. The Morgan fingerprint density at radius 1 is 1.00 bits per heavy atom. The summed E-state index contributed by atoms with van der Waals surface area (Å²) in [7, 11) is -4.67. The molecule has 8 heteroatoms. The molecule has 0 saturated heterocycles. The number of hydrogen-bond acceptors (Lipinski definition) is 2. The van der Waals surface area contributed by atoms with Crippen LogP contribution in [0.15, 0.2) is 0 Å². The molecule has 6 N–H and O–H groups in total. The Morgan fingerprint density at radius 2 is 1.00 bits per heavy atom. The normalized spacial score (nSPS) is 7.25. The minimum atomic E-state index is -4.67. The van der Waals surface area contributed by atoms with Gasteiger partial charge in [-0.3, -0.25) is 9.11 Å². The Hall–Kier alpha value is 1.05. The van der Waals surface area contributed by atoms with E-state index in [4.69, 9.17) is 17.5 Å². The second-order valence-corrected chi connectivity index (χ2v) is 1.34. The van der Waals surface area contributed by atoms with Crippen molar-refractivity contribution in [1.29, 1.82) is 0 Å². The van der Waals surface area contributed by atoms with Gasteiger partial charge in [0.2, 0.25) is 0 Å². The van der Waals surface area contributed by atoms with E-state index in [9.17, 15) is 0 Å². The van der Waals surface area contributed by atoms with E-state index in [1.807, 2.05) is 0 Å². The maximum atomic E-state index is 8.74. The molecule has 0 amide bonds. The van der Waals surface area contributed by atoms with Gasteiger partial charge in [-0.25, -0.2) is 0 Å². The van der Waals surface area contributed by atoms with Crippen molar-refractivity contribution in [3.05, 3.63) is 0 Å². The molecule has 0 heterocycles. The molecular weight excluding hydrogens is 168 g/mol. The molecule has 6 nitrogen and oxygen atoms in total. The third-order valence-electron chi connectivity index (χ3n) is 0. The summed E-state index contributed by atoms with van der Waals surface area (Å²) in [6.45, 7) is 0. The molecule has 0 spiro atoms. The molecule has 0 aliphatic carbocycles. The summed E-state index contributed by atoms with van der Waals surface area (Å²) in [4.78, 5) is 0. The molecule has 0 bridgehead atoms. The van der Waals surface area contributed by atoms with Crippen LogP contribution in [0.25, 0.3) is 0 Å². The summed E-state index contributed by atoms with van der Waals surface area (Å²) in [6, 6.07) is 0. The molecule has 0 aromatic rings. The molecule has 0 aliphatic rings. The maximum absolute atomic E-state index is 8.74. The van der Waals surface area contributed by atoms with Gasteiger partial charge in [-0.2, -0.15) is 8.42 Å². The third-order valence-corrected chi connectivity index (χ3v) is 0. The van der Waals surface area contributed by atoms with E-state index in [0.717, 1.165) is 0 Å². The fraction of sp³-hybridized carbons (Fsp3) is 0. The molecule has 0 saturated carbocycles. The van der Waals surface area contributed by atoms with Crippen molar-refractivity contribution in [2.45, 2.75) is 0 Å². The molecule has 52 valence electrons. The van der Waals surface area contributed by atoms with Crippen LogP contribution in [0.5, 0.6) is 0 Å². The van der Waals surface area contributed by atoms with Crippen molar-refractivity contribution >= 4 is 48.1 Å². The Balaban J connectivity index is -0.0000000267. The Bertz CT molecular complexity index is 91.7. The predicted molar refractivity (Wildman–Crippen MR) is 29.9 cm³/mol. The zero-order chi connectivity index (χ0) is 4.50. The Kier molecular flexibility index (Phi) is 23.1. The fourth-order valence-corrected chi connectivity index (χ4v) is 0. The molecule has 0 aromatic heterocycles. The molecule has 0 atom stereocenters. The Labute approximate surface area is 76.1 Å². The summed E-state index contributed by atoms with van der Waals surface area (Å²) in [5.41, 5.74) is 0. The molecular formula is H8CaO6S. The van der Waals surface area contributed by atoms with Crippen molar-refractivity contribution in [2.24, 2.45) is 0 Å². The second-order valence-electron chi connectivity index (χ2n) is 0.448. The van der Waals surface area contributed by atoms with Gasteiger partial charge in [0.25, 0.3) is 0 Å². The van der Waals surface area contributed by atoms with Crippen LogP contribution in [0, 0.1) is 0 Å². The van der Waals surface area contributed by atoms with Crippen LogP contribution in [0.1, 0.15) is 0 Å². The van der Waals surface area contributed by atoms with E-state index >= 15 is 0 Å². The van der Waals surface area contributed by atoms with Crippen molar-refractivity contribution < 1.29 is 28.5 Å². The van der Waals surface area contributed by atoms with E-state index in [2.05, 4.69) is 0 Å². The van der Waals surface area contributed by atoms with Crippen molar-refractivity contribution in [3.8, 4) is 0 Å². The summed E-state index contributed by atoms with van der Waals surface area (Å²) in [5.74, 6) is 0. The molecule has 0 aliphatic heterocycles. The summed E-state index contributed by atoms with van der Waals surface area (Å²) >= 11 is 0. The SMILES string of the molecule is O.O.O=S(=O)(O)O.[CaH2]. The average Bonchev–Trinajstić information content (AvgIpc) is 0.722. The van der Waals surface area contributed by atoms with Crippen LogP contribution >= 0.6 is 0 Å². The van der Waals surface area contributed by atoms with Crippen molar-refractivity contribution in [1.82, 2.24) is 0 Å². The number of hydrogen-bond donors (Lipinski definition) is 2. The van der Waals surface area contributed by atoms with E-state index in [1.54, 1.807) is 0 Å². The van der Waals surface area contributed by atoms with Gasteiger partial charge in [0.05, 0.1) is 0 Å². The monoisotopic (exact) mass is 176 g/mol. The van der Waals surface area contributed by atoms with E-state index in [1.165, 1.54) is 0 Å². The Morgan fingerprint density at radius 3 is 1.00 bits per heavy atom. The zero-order valence-corrected chi connectivity index (χ0v) is 3.94. The molecule has 0 aromatic carbocycles. The van der Waals surface area contributed by atoms with Crippen molar-refractivity contribution in [2.75, 3.05) is 0 Å². The van der Waals surface area contributed by atoms with E-state index < -0.39 is 10.4 Å². The van der Waals surface area contributed by atoms with E-state index in [0.29, 0.717) is 0 Å². The van der Waals surface area contributed by atoms with E-state index in [-0.39, 0.29) is 48.7 Å². The quantitative estimate of drug-likeness (QED) is 0.296. The molecule has 0 radical (unpaired) electrons. The standard InChI is InChI=1S/Ca.H2O4S.2H2O.2H/c;1-5(2,3)4;;;;/h;(H2,1,2,3,4);2*1H2;;.